The first kappa shape index (κ1) is 11.3. The molecule has 1 aromatic carbocycles. The van der Waals surface area contributed by atoms with Gasteiger partial charge < -0.3 is 10.2 Å². The summed E-state index contributed by atoms with van der Waals surface area (Å²) < 4.78 is 0. The van der Waals surface area contributed by atoms with E-state index in [1.165, 1.54) is 0 Å². The van der Waals surface area contributed by atoms with Crippen molar-refractivity contribution in [2.45, 2.75) is 32.1 Å². The first-order valence-corrected chi connectivity index (χ1v) is 5.50. The molecule has 3 nitrogen and oxygen atoms in total. The zero-order chi connectivity index (χ0) is 12.1. The first-order chi connectivity index (χ1) is 7.40. The molecule has 1 saturated carbocycles. The summed E-state index contributed by atoms with van der Waals surface area (Å²) in [5, 5.41) is 19.8. The van der Waals surface area contributed by atoms with Gasteiger partial charge in [0.1, 0.15) is 5.75 Å². The van der Waals surface area contributed by atoms with Crippen LogP contribution in [0.25, 0.3) is 0 Å². The van der Waals surface area contributed by atoms with Crippen LogP contribution < -0.4 is 0 Å². The molecule has 1 fully saturated rings. The Kier molecular flexibility index (Phi) is 2.39. The smallest absolute Gasteiger partial charge is 0.314 e. The number of carbonyl (C=O) groups is 1. The van der Waals surface area contributed by atoms with Crippen molar-refractivity contribution >= 4 is 17.6 Å². The van der Waals surface area contributed by atoms with E-state index >= 15 is 0 Å². The number of benzene rings is 1. The molecule has 1 aliphatic carbocycles. The number of phenols is 1. The minimum Gasteiger partial charge on any atom is -0.507 e. The fourth-order valence-corrected chi connectivity index (χ4v) is 2.40. The number of aliphatic carboxylic acids is 1. The van der Waals surface area contributed by atoms with Gasteiger partial charge in [-0.3, -0.25) is 4.79 Å². The molecule has 0 radical (unpaired) electrons. The molecule has 1 aromatic rings. The van der Waals surface area contributed by atoms with Gasteiger partial charge in [-0.25, -0.2) is 0 Å². The number of carboxylic acids is 1. The Balaban J connectivity index is 2.70. The second kappa shape index (κ2) is 3.39. The van der Waals surface area contributed by atoms with Crippen LogP contribution in [-0.2, 0) is 10.2 Å². The maximum atomic E-state index is 11.3. The van der Waals surface area contributed by atoms with Crippen molar-refractivity contribution in [3.8, 4) is 5.75 Å². The molecular formula is C12H13ClO3. The quantitative estimate of drug-likeness (QED) is 0.836. The fraction of sp³-hybridized carbons (Fsp3) is 0.417. The Morgan fingerprint density at radius 1 is 1.44 bits per heavy atom. The highest BCUT2D eigenvalue weighted by Gasteiger charge is 2.54. The fourth-order valence-electron chi connectivity index (χ4n) is 2.14. The van der Waals surface area contributed by atoms with E-state index in [4.69, 9.17) is 11.6 Å². The Labute approximate surface area is 98.7 Å². The van der Waals surface area contributed by atoms with E-state index in [0.29, 0.717) is 34.6 Å². The zero-order valence-corrected chi connectivity index (χ0v) is 9.93. The van der Waals surface area contributed by atoms with Crippen LogP contribution in [0, 0.1) is 13.8 Å². The van der Waals surface area contributed by atoms with E-state index in [1.807, 2.05) is 0 Å². The van der Waals surface area contributed by atoms with E-state index in [9.17, 15) is 15.0 Å². The van der Waals surface area contributed by atoms with Crippen LogP contribution in [-0.4, -0.2) is 16.2 Å². The normalized spacial score (nSPS) is 17.2. The molecule has 0 bridgehead atoms. The summed E-state index contributed by atoms with van der Waals surface area (Å²) in [6.07, 6.45) is 1.13. The van der Waals surface area contributed by atoms with Gasteiger partial charge in [0, 0.05) is 10.6 Å². The molecule has 4 heteroatoms. The average Bonchev–Trinajstić information content (AvgIpc) is 2.97. The maximum Gasteiger partial charge on any atom is 0.314 e. The summed E-state index contributed by atoms with van der Waals surface area (Å²) in [4.78, 5) is 11.3. The summed E-state index contributed by atoms with van der Waals surface area (Å²) in [7, 11) is 0. The number of rotatable bonds is 2. The molecule has 86 valence electrons. The molecule has 1 aliphatic rings. The van der Waals surface area contributed by atoms with Crippen LogP contribution in [0.3, 0.4) is 0 Å². The zero-order valence-electron chi connectivity index (χ0n) is 9.17. The second-order valence-corrected chi connectivity index (χ2v) is 4.82. The van der Waals surface area contributed by atoms with Gasteiger partial charge in [-0.15, -0.1) is 0 Å². The molecule has 0 atom stereocenters. The third-order valence-electron chi connectivity index (χ3n) is 3.32. The highest BCUT2D eigenvalue weighted by atomic mass is 35.5. The number of halogens is 1. The minimum atomic E-state index is -0.913. The number of hydrogen-bond donors (Lipinski definition) is 2. The van der Waals surface area contributed by atoms with Crippen LogP contribution in [0.2, 0.25) is 5.02 Å². The van der Waals surface area contributed by atoms with Crippen LogP contribution >= 0.6 is 11.6 Å². The van der Waals surface area contributed by atoms with E-state index in [0.717, 1.165) is 0 Å². The molecule has 0 aromatic heterocycles. The van der Waals surface area contributed by atoms with Gasteiger partial charge in [0.15, 0.2) is 0 Å². The van der Waals surface area contributed by atoms with Gasteiger partial charge >= 0.3 is 5.97 Å². The van der Waals surface area contributed by atoms with E-state index < -0.39 is 11.4 Å². The molecule has 2 rings (SSSR count). The predicted octanol–water partition coefficient (Wildman–Crippen LogP) is 2.78. The predicted molar refractivity (Wildman–Crippen MR) is 61.1 cm³/mol. The van der Waals surface area contributed by atoms with Crippen LogP contribution in [0.4, 0.5) is 0 Å². The highest BCUT2D eigenvalue weighted by molar-refractivity contribution is 6.31. The van der Waals surface area contributed by atoms with Crippen molar-refractivity contribution in [2.75, 3.05) is 0 Å². The lowest BCUT2D eigenvalue weighted by Gasteiger charge is -2.18. The monoisotopic (exact) mass is 240 g/mol. The minimum absolute atomic E-state index is 0.0711. The standard InChI is InChI=1S/C12H13ClO3/c1-6-5-8(13)7(2)9(10(6)14)12(3-4-12)11(15)16/h5,14H,3-4H2,1-2H3,(H,15,16). The Hall–Kier alpha value is -1.22. The number of aromatic hydroxyl groups is 1. The molecule has 0 spiro atoms. The molecule has 0 saturated heterocycles. The summed E-state index contributed by atoms with van der Waals surface area (Å²) in [6, 6.07) is 1.66. The molecule has 0 aliphatic heterocycles. The number of hydrogen-bond acceptors (Lipinski definition) is 2. The number of carboxylic acid groups (broad SMARTS) is 1. The Morgan fingerprint density at radius 3 is 2.44 bits per heavy atom. The van der Waals surface area contributed by atoms with Gasteiger partial charge in [-0.1, -0.05) is 11.6 Å². The van der Waals surface area contributed by atoms with Gasteiger partial charge in [-0.05, 0) is 43.9 Å². The molecule has 0 heterocycles. The lowest BCUT2D eigenvalue weighted by atomic mass is 9.89. The molecule has 2 N–H and O–H groups in total. The van der Waals surface area contributed by atoms with Crippen molar-refractivity contribution < 1.29 is 15.0 Å². The topological polar surface area (TPSA) is 57.5 Å². The van der Waals surface area contributed by atoms with Crippen molar-refractivity contribution in [1.82, 2.24) is 0 Å². The van der Waals surface area contributed by atoms with Crippen LogP contribution in [0.5, 0.6) is 5.75 Å². The lowest BCUT2D eigenvalue weighted by Crippen LogP contribution is -2.21. The van der Waals surface area contributed by atoms with Crippen molar-refractivity contribution in [2.24, 2.45) is 0 Å². The maximum absolute atomic E-state index is 11.3. The highest BCUT2D eigenvalue weighted by Crippen LogP contribution is 2.54. The Morgan fingerprint density at radius 2 is 2.00 bits per heavy atom. The van der Waals surface area contributed by atoms with Crippen LogP contribution in [0.1, 0.15) is 29.5 Å². The molecule has 0 unspecified atom stereocenters. The molecule has 0 amide bonds. The van der Waals surface area contributed by atoms with Crippen LogP contribution in [0.15, 0.2) is 6.07 Å². The lowest BCUT2D eigenvalue weighted by molar-refractivity contribution is -0.140. The van der Waals surface area contributed by atoms with Crippen molar-refractivity contribution in [1.29, 1.82) is 0 Å². The summed E-state index contributed by atoms with van der Waals surface area (Å²) in [5.74, 6) is -0.811. The van der Waals surface area contributed by atoms with Gasteiger partial charge in [0.25, 0.3) is 0 Å². The summed E-state index contributed by atoms with van der Waals surface area (Å²) in [6.45, 7) is 3.47. The van der Waals surface area contributed by atoms with E-state index in [2.05, 4.69) is 0 Å². The van der Waals surface area contributed by atoms with Gasteiger partial charge in [0.2, 0.25) is 0 Å². The van der Waals surface area contributed by atoms with Crippen molar-refractivity contribution in [3.63, 3.8) is 0 Å². The third kappa shape index (κ3) is 1.39. The first-order valence-electron chi connectivity index (χ1n) is 5.12. The second-order valence-electron chi connectivity index (χ2n) is 4.41. The average molecular weight is 241 g/mol. The third-order valence-corrected chi connectivity index (χ3v) is 3.72. The van der Waals surface area contributed by atoms with Gasteiger partial charge in [0.05, 0.1) is 5.41 Å². The Bertz CT molecular complexity index is 449. The van der Waals surface area contributed by atoms with Crippen molar-refractivity contribution in [3.05, 3.63) is 27.8 Å². The summed E-state index contributed by atoms with van der Waals surface area (Å²) in [5.41, 5.74) is 0.872. The van der Waals surface area contributed by atoms with E-state index in [-0.39, 0.29) is 5.75 Å². The van der Waals surface area contributed by atoms with Gasteiger partial charge in [-0.2, -0.15) is 0 Å². The summed E-state index contributed by atoms with van der Waals surface area (Å²) >= 11 is 6.03. The molecular weight excluding hydrogens is 228 g/mol. The SMILES string of the molecule is Cc1cc(Cl)c(C)c(C2(C(=O)O)CC2)c1O. The number of aryl methyl sites for hydroxylation is 1. The molecule has 16 heavy (non-hydrogen) atoms. The number of phenolic OH excluding ortho intramolecular Hbond substituents is 1. The largest absolute Gasteiger partial charge is 0.507 e. The van der Waals surface area contributed by atoms with E-state index in [1.54, 1.807) is 19.9 Å².